The number of hydrogen-bond donors (Lipinski definition) is 0. The summed E-state index contributed by atoms with van der Waals surface area (Å²) in [5, 5.41) is 0. The number of esters is 3. The molecule has 0 saturated heterocycles. The monoisotopic (exact) mass is 985 g/mol. The Bertz CT molecular complexity index is 1130. The van der Waals surface area contributed by atoms with Crippen LogP contribution in [0.15, 0.2) is 24.3 Å². The molecule has 0 aromatic rings. The van der Waals surface area contributed by atoms with Crippen LogP contribution in [-0.4, -0.2) is 37.2 Å². The van der Waals surface area contributed by atoms with Crippen molar-refractivity contribution in [3.8, 4) is 0 Å². The second kappa shape index (κ2) is 59.5. The van der Waals surface area contributed by atoms with Gasteiger partial charge >= 0.3 is 17.9 Å². The molecule has 0 spiro atoms. The highest BCUT2D eigenvalue weighted by atomic mass is 16.6. The van der Waals surface area contributed by atoms with E-state index in [1.54, 1.807) is 0 Å². The summed E-state index contributed by atoms with van der Waals surface area (Å²) in [6.45, 7) is 6.69. The van der Waals surface area contributed by atoms with E-state index in [9.17, 15) is 14.4 Å². The molecule has 0 aromatic carbocycles. The summed E-state index contributed by atoms with van der Waals surface area (Å²) < 4.78 is 16.9. The van der Waals surface area contributed by atoms with Crippen molar-refractivity contribution in [2.45, 2.75) is 354 Å². The van der Waals surface area contributed by atoms with Crippen LogP contribution in [0.5, 0.6) is 0 Å². The molecule has 0 fully saturated rings. The van der Waals surface area contributed by atoms with Crippen molar-refractivity contribution in [3.05, 3.63) is 24.3 Å². The van der Waals surface area contributed by atoms with Crippen molar-refractivity contribution >= 4 is 17.9 Å². The van der Waals surface area contributed by atoms with Gasteiger partial charge in [-0.15, -0.1) is 0 Å². The fourth-order valence-corrected chi connectivity index (χ4v) is 9.44. The number of hydrogen-bond acceptors (Lipinski definition) is 6. The molecule has 0 rings (SSSR count). The van der Waals surface area contributed by atoms with Crippen molar-refractivity contribution in [1.82, 2.24) is 0 Å². The van der Waals surface area contributed by atoms with E-state index < -0.39 is 6.10 Å². The highest BCUT2D eigenvalue weighted by Gasteiger charge is 2.19. The first kappa shape index (κ1) is 67.9. The van der Waals surface area contributed by atoms with E-state index in [2.05, 4.69) is 45.1 Å². The molecule has 0 amide bonds. The molecule has 6 nitrogen and oxygen atoms in total. The van der Waals surface area contributed by atoms with Crippen molar-refractivity contribution in [2.24, 2.45) is 0 Å². The number of rotatable bonds is 58. The van der Waals surface area contributed by atoms with Gasteiger partial charge in [-0.3, -0.25) is 14.4 Å². The van der Waals surface area contributed by atoms with Crippen molar-refractivity contribution in [3.63, 3.8) is 0 Å². The van der Waals surface area contributed by atoms with Crippen LogP contribution in [-0.2, 0) is 28.6 Å². The molecule has 0 aliphatic carbocycles. The summed E-state index contributed by atoms with van der Waals surface area (Å²) in [5.74, 6) is -0.850. The third kappa shape index (κ3) is 56.8. The molecule has 0 aromatic heterocycles. The lowest BCUT2D eigenvalue weighted by Crippen LogP contribution is -2.30. The standard InChI is InChI=1S/C64H120O6/c1-4-7-10-13-16-19-22-25-28-30-32-34-36-39-42-45-48-51-54-57-63(66)69-60-61(59-68-62(65)56-53-50-47-44-41-38-35-27-24-21-18-15-12-9-6-3)70-64(67)58-55-52-49-46-43-40-37-33-31-29-26-23-20-17-14-11-8-5-2/h25,28-29,31,61H,4-24,26-27,30,32-60H2,1-3H3/b28-25-,31-29-. The number of unbranched alkanes of at least 4 members (excludes halogenated alkanes) is 43. The predicted molar refractivity (Wildman–Crippen MR) is 303 cm³/mol. The van der Waals surface area contributed by atoms with Crippen LogP contribution < -0.4 is 0 Å². The highest BCUT2D eigenvalue weighted by Crippen LogP contribution is 2.17. The lowest BCUT2D eigenvalue weighted by atomic mass is 10.0. The van der Waals surface area contributed by atoms with Crippen LogP contribution in [0.3, 0.4) is 0 Å². The van der Waals surface area contributed by atoms with Crippen LogP contribution >= 0.6 is 0 Å². The molecule has 6 heteroatoms. The van der Waals surface area contributed by atoms with E-state index in [4.69, 9.17) is 14.2 Å². The van der Waals surface area contributed by atoms with Crippen LogP contribution in [0.2, 0.25) is 0 Å². The minimum absolute atomic E-state index is 0.0686. The minimum Gasteiger partial charge on any atom is -0.462 e. The van der Waals surface area contributed by atoms with Gasteiger partial charge in [0.1, 0.15) is 13.2 Å². The van der Waals surface area contributed by atoms with E-state index in [0.717, 1.165) is 57.8 Å². The summed E-state index contributed by atoms with van der Waals surface area (Å²) in [6.07, 6.45) is 70.3. The molecule has 1 unspecified atom stereocenters. The zero-order valence-electron chi connectivity index (χ0n) is 47.3. The van der Waals surface area contributed by atoms with Crippen LogP contribution in [0.25, 0.3) is 0 Å². The molecule has 0 aliphatic heterocycles. The van der Waals surface area contributed by atoms with Crippen LogP contribution in [0, 0.1) is 0 Å². The number of allylic oxidation sites excluding steroid dienone is 4. The molecule has 0 saturated carbocycles. The quantitative estimate of drug-likeness (QED) is 0.0261. The highest BCUT2D eigenvalue weighted by molar-refractivity contribution is 5.71. The Kier molecular flexibility index (Phi) is 57.7. The SMILES string of the molecule is CCCCCCCC/C=C\CCCCCCCCCCCC(=O)OCC(COC(=O)CCCCCCCCCCCCCCCCC)OC(=O)CCCCCCCCC/C=C\CCCCCCCCC. The molecule has 70 heavy (non-hydrogen) atoms. The van der Waals surface area contributed by atoms with Gasteiger partial charge in [0.2, 0.25) is 0 Å². The molecule has 0 aliphatic rings. The Balaban J connectivity index is 4.32. The predicted octanol–water partition coefficient (Wildman–Crippen LogP) is 21.1. The lowest BCUT2D eigenvalue weighted by molar-refractivity contribution is -0.167. The van der Waals surface area contributed by atoms with Gasteiger partial charge < -0.3 is 14.2 Å². The lowest BCUT2D eigenvalue weighted by Gasteiger charge is -2.18. The Morgan fingerprint density at radius 3 is 0.714 bits per heavy atom. The summed E-state index contributed by atoms with van der Waals surface area (Å²) in [6, 6.07) is 0. The first-order valence-corrected chi connectivity index (χ1v) is 31.3. The zero-order chi connectivity index (χ0) is 50.7. The minimum atomic E-state index is -0.771. The summed E-state index contributed by atoms with van der Waals surface area (Å²) in [7, 11) is 0. The van der Waals surface area contributed by atoms with E-state index in [0.29, 0.717) is 19.3 Å². The van der Waals surface area contributed by atoms with Crippen molar-refractivity contribution in [2.75, 3.05) is 13.2 Å². The van der Waals surface area contributed by atoms with Gasteiger partial charge in [0, 0.05) is 19.3 Å². The number of ether oxygens (including phenoxy) is 3. The van der Waals surface area contributed by atoms with Gasteiger partial charge in [0.05, 0.1) is 0 Å². The summed E-state index contributed by atoms with van der Waals surface area (Å²) in [5.41, 5.74) is 0. The second-order valence-corrected chi connectivity index (χ2v) is 21.3. The first-order valence-electron chi connectivity index (χ1n) is 31.3. The molecular weight excluding hydrogens is 865 g/mol. The van der Waals surface area contributed by atoms with E-state index in [1.807, 2.05) is 0 Å². The van der Waals surface area contributed by atoms with Gasteiger partial charge in [-0.2, -0.15) is 0 Å². The van der Waals surface area contributed by atoms with Gasteiger partial charge in [0.15, 0.2) is 6.10 Å². The third-order valence-corrected chi connectivity index (χ3v) is 14.2. The molecule has 0 bridgehead atoms. The van der Waals surface area contributed by atoms with Crippen LogP contribution in [0.1, 0.15) is 348 Å². The average Bonchev–Trinajstić information content (AvgIpc) is 3.36. The maximum Gasteiger partial charge on any atom is 0.306 e. The van der Waals surface area contributed by atoms with Gasteiger partial charge in [-0.05, 0) is 70.6 Å². The molecule has 412 valence electrons. The summed E-state index contributed by atoms with van der Waals surface area (Å²) >= 11 is 0. The average molecular weight is 986 g/mol. The molecule has 0 N–H and O–H groups in total. The topological polar surface area (TPSA) is 78.9 Å². The molecule has 1 atom stereocenters. The molecule has 0 radical (unpaired) electrons. The first-order chi connectivity index (χ1) is 34.5. The Morgan fingerprint density at radius 1 is 0.271 bits per heavy atom. The van der Waals surface area contributed by atoms with Crippen LogP contribution in [0.4, 0.5) is 0 Å². The van der Waals surface area contributed by atoms with E-state index in [-0.39, 0.29) is 31.1 Å². The number of carbonyl (C=O) groups is 3. The van der Waals surface area contributed by atoms with E-state index >= 15 is 0 Å². The Hall–Kier alpha value is -2.11. The van der Waals surface area contributed by atoms with Gasteiger partial charge in [0.25, 0.3) is 0 Å². The van der Waals surface area contributed by atoms with Gasteiger partial charge in [-0.25, -0.2) is 0 Å². The fraction of sp³-hybridized carbons (Fsp3) is 0.891. The van der Waals surface area contributed by atoms with E-state index in [1.165, 1.54) is 250 Å². The fourth-order valence-electron chi connectivity index (χ4n) is 9.44. The normalized spacial score (nSPS) is 12.1. The Labute approximate surface area is 436 Å². The number of carbonyl (C=O) groups excluding carboxylic acids is 3. The second-order valence-electron chi connectivity index (χ2n) is 21.3. The van der Waals surface area contributed by atoms with Gasteiger partial charge in [-0.1, -0.05) is 283 Å². The molecule has 0 heterocycles. The Morgan fingerprint density at radius 2 is 0.471 bits per heavy atom. The zero-order valence-corrected chi connectivity index (χ0v) is 47.3. The van der Waals surface area contributed by atoms with Crippen molar-refractivity contribution in [1.29, 1.82) is 0 Å². The summed E-state index contributed by atoms with van der Waals surface area (Å²) in [4.78, 5) is 38.3. The largest absolute Gasteiger partial charge is 0.462 e. The smallest absolute Gasteiger partial charge is 0.306 e. The molecular formula is C64H120O6. The third-order valence-electron chi connectivity index (χ3n) is 14.2. The maximum atomic E-state index is 12.9. The van der Waals surface area contributed by atoms with Crippen molar-refractivity contribution < 1.29 is 28.6 Å². The maximum absolute atomic E-state index is 12.9.